The first kappa shape index (κ1) is 18.5. The lowest BCUT2D eigenvalue weighted by atomic mass is 10.1. The Labute approximate surface area is 168 Å². The zero-order valence-electron chi connectivity index (χ0n) is 16.0. The molecule has 3 aromatic heterocycles. The summed E-state index contributed by atoms with van der Waals surface area (Å²) in [6.07, 6.45) is 2.28. The first-order valence-electron chi connectivity index (χ1n) is 9.39. The maximum atomic E-state index is 12.3. The van der Waals surface area contributed by atoms with Crippen LogP contribution in [0.3, 0.4) is 0 Å². The van der Waals surface area contributed by atoms with Crippen LogP contribution in [0.25, 0.3) is 5.65 Å². The molecule has 146 valence electrons. The number of amides is 1. The molecule has 0 aliphatic carbocycles. The van der Waals surface area contributed by atoms with Crippen LogP contribution in [0, 0.1) is 6.92 Å². The first-order valence-corrected chi connectivity index (χ1v) is 9.39. The Morgan fingerprint density at radius 3 is 2.83 bits per heavy atom. The van der Waals surface area contributed by atoms with Crippen molar-refractivity contribution in [1.29, 1.82) is 0 Å². The van der Waals surface area contributed by atoms with Gasteiger partial charge in [0.25, 0.3) is 5.91 Å². The summed E-state index contributed by atoms with van der Waals surface area (Å²) in [4.78, 5) is 16.6. The van der Waals surface area contributed by atoms with Gasteiger partial charge >= 0.3 is 0 Å². The van der Waals surface area contributed by atoms with E-state index < -0.39 is 0 Å². The zero-order chi connectivity index (χ0) is 20.1. The maximum Gasteiger partial charge on any atom is 0.251 e. The molecule has 0 aliphatic rings. The van der Waals surface area contributed by atoms with E-state index in [1.54, 1.807) is 16.8 Å². The van der Waals surface area contributed by atoms with E-state index in [0.29, 0.717) is 42.4 Å². The molecule has 1 aromatic carbocycles. The molecule has 0 atom stereocenters. The number of benzene rings is 1. The van der Waals surface area contributed by atoms with Gasteiger partial charge in [-0.05, 0) is 43.3 Å². The third-order valence-electron chi connectivity index (χ3n) is 4.42. The number of nitrogens with zero attached hydrogens (tertiary/aromatic N) is 5. The number of anilines is 1. The van der Waals surface area contributed by atoms with E-state index in [0.717, 1.165) is 11.3 Å². The predicted octanol–water partition coefficient (Wildman–Crippen LogP) is 2.41. The summed E-state index contributed by atoms with van der Waals surface area (Å²) in [7, 11) is 0. The second kappa shape index (κ2) is 8.47. The van der Waals surface area contributed by atoms with Crippen LogP contribution < -0.4 is 10.6 Å². The standard InChI is InChI=1S/C21H21N7O/c1-15-5-4-6-16(13-15)21(29)23-12-10-20-26-25-19-9-8-18(27-28(19)20)24-14-17-7-2-3-11-22-17/h2-9,11,13H,10,12,14H2,1H3,(H,23,29)(H,24,27). The number of fused-ring (bicyclic) bond motifs is 1. The zero-order valence-corrected chi connectivity index (χ0v) is 16.0. The average molecular weight is 387 g/mol. The van der Waals surface area contributed by atoms with Crippen LogP contribution in [0.4, 0.5) is 5.82 Å². The SMILES string of the molecule is Cc1cccc(C(=O)NCCc2nnc3ccc(NCc4ccccn4)nn23)c1. The number of pyridine rings is 1. The molecule has 29 heavy (non-hydrogen) atoms. The van der Waals surface area contributed by atoms with Gasteiger partial charge in [-0.1, -0.05) is 23.8 Å². The van der Waals surface area contributed by atoms with Crippen LogP contribution in [-0.4, -0.2) is 37.2 Å². The van der Waals surface area contributed by atoms with Crippen LogP contribution >= 0.6 is 0 Å². The van der Waals surface area contributed by atoms with Gasteiger partial charge in [-0.3, -0.25) is 9.78 Å². The number of carbonyl (C=O) groups excluding carboxylic acids is 1. The van der Waals surface area contributed by atoms with Crippen molar-refractivity contribution in [3.63, 3.8) is 0 Å². The maximum absolute atomic E-state index is 12.3. The highest BCUT2D eigenvalue weighted by Crippen LogP contribution is 2.09. The molecule has 2 N–H and O–H groups in total. The van der Waals surface area contributed by atoms with Gasteiger partial charge in [0, 0.05) is 24.7 Å². The number of hydrogen-bond donors (Lipinski definition) is 2. The summed E-state index contributed by atoms with van der Waals surface area (Å²) in [6, 6.07) is 17.0. The molecule has 4 rings (SSSR count). The van der Waals surface area contributed by atoms with Crippen molar-refractivity contribution < 1.29 is 4.79 Å². The van der Waals surface area contributed by atoms with Gasteiger partial charge < -0.3 is 10.6 Å². The lowest BCUT2D eigenvalue weighted by Crippen LogP contribution is -2.26. The molecule has 0 aliphatic heterocycles. The minimum absolute atomic E-state index is 0.104. The Bertz CT molecular complexity index is 1120. The highest BCUT2D eigenvalue weighted by atomic mass is 16.1. The predicted molar refractivity (Wildman–Crippen MR) is 110 cm³/mol. The molecule has 0 unspecified atom stereocenters. The molecular weight excluding hydrogens is 366 g/mol. The van der Waals surface area contributed by atoms with E-state index in [-0.39, 0.29) is 5.91 Å². The lowest BCUT2D eigenvalue weighted by molar-refractivity contribution is 0.0954. The second-order valence-corrected chi connectivity index (χ2v) is 6.65. The number of rotatable bonds is 7. The Hall–Kier alpha value is -3.81. The van der Waals surface area contributed by atoms with Gasteiger partial charge in [0.2, 0.25) is 0 Å². The molecule has 3 heterocycles. The fourth-order valence-corrected chi connectivity index (χ4v) is 2.94. The topological polar surface area (TPSA) is 97.1 Å². The fourth-order valence-electron chi connectivity index (χ4n) is 2.94. The van der Waals surface area contributed by atoms with Gasteiger partial charge in [0.1, 0.15) is 5.82 Å². The van der Waals surface area contributed by atoms with Gasteiger partial charge in [0.05, 0.1) is 12.2 Å². The van der Waals surface area contributed by atoms with Gasteiger partial charge in [-0.15, -0.1) is 15.3 Å². The van der Waals surface area contributed by atoms with E-state index in [4.69, 9.17) is 0 Å². The Morgan fingerprint density at radius 2 is 2.00 bits per heavy atom. The Balaban J connectivity index is 1.39. The molecule has 0 spiro atoms. The molecule has 1 amide bonds. The molecule has 0 saturated heterocycles. The third-order valence-corrected chi connectivity index (χ3v) is 4.42. The van der Waals surface area contributed by atoms with Crippen LogP contribution in [-0.2, 0) is 13.0 Å². The minimum atomic E-state index is -0.104. The lowest BCUT2D eigenvalue weighted by Gasteiger charge is -2.07. The molecule has 0 radical (unpaired) electrons. The van der Waals surface area contributed by atoms with Crippen molar-refractivity contribution >= 4 is 17.4 Å². The Kier molecular flexibility index (Phi) is 5.42. The van der Waals surface area contributed by atoms with E-state index in [2.05, 4.69) is 30.9 Å². The number of aryl methyl sites for hydroxylation is 1. The average Bonchev–Trinajstić information content (AvgIpc) is 3.15. The van der Waals surface area contributed by atoms with Crippen molar-refractivity contribution in [2.45, 2.75) is 19.9 Å². The summed E-state index contributed by atoms with van der Waals surface area (Å²) in [6.45, 7) is 2.98. The summed E-state index contributed by atoms with van der Waals surface area (Å²) in [5.41, 5.74) is 3.29. The quantitative estimate of drug-likeness (QED) is 0.505. The Morgan fingerprint density at radius 1 is 1.07 bits per heavy atom. The number of hydrogen-bond acceptors (Lipinski definition) is 6. The minimum Gasteiger partial charge on any atom is -0.363 e. The number of aromatic nitrogens is 5. The third kappa shape index (κ3) is 4.55. The largest absolute Gasteiger partial charge is 0.363 e. The molecule has 0 bridgehead atoms. The first-order chi connectivity index (χ1) is 14.2. The van der Waals surface area contributed by atoms with Crippen molar-refractivity contribution in [2.75, 3.05) is 11.9 Å². The molecule has 0 fully saturated rings. The second-order valence-electron chi connectivity index (χ2n) is 6.65. The summed E-state index contributed by atoms with van der Waals surface area (Å²) in [5, 5.41) is 19.1. The van der Waals surface area contributed by atoms with Crippen molar-refractivity contribution in [3.05, 3.63) is 83.4 Å². The van der Waals surface area contributed by atoms with Crippen LogP contribution in [0.2, 0.25) is 0 Å². The summed E-state index contributed by atoms with van der Waals surface area (Å²) < 4.78 is 1.69. The molecule has 4 aromatic rings. The smallest absolute Gasteiger partial charge is 0.251 e. The van der Waals surface area contributed by atoms with Crippen molar-refractivity contribution in [2.24, 2.45) is 0 Å². The molecule has 8 heteroatoms. The molecule has 8 nitrogen and oxygen atoms in total. The highest BCUT2D eigenvalue weighted by molar-refractivity contribution is 5.94. The van der Waals surface area contributed by atoms with Crippen LogP contribution in [0.1, 0.15) is 27.4 Å². The molecular formula is C21H21N7O. The van der Waals surface area contributed by atoms with E-state index in [1.807, 2.05) is 55.5 Å². The van der Waals surface area contributed by atoms with E-state index in [1.165, 1.54) is 0 Å². The fraction of sp³-hybridized carbons (Fsp3) is 0.190. The van der Waals surface area contributed by atoms with Crippen LogP contribution in [0.15, 0.2) is 60.8 Å². The summed E-state index contributed by atoms with van der Waals surface area (Å²) in [5.74, 6) is 1.28. The van der Waals surface area contributed by atoms with Gasteiger partial charge in [0.15, 0.2) is 11.5 Å². The van der Waals surface area contributed by atoms with Crippen molar-refractivity contribution in [3.8, 4) is 0 Å². The number of nitrogens with one attached hydrogen (secondary N) is 2. The van der Waals surface area contributed by atoms with Gasteiger partial charge in [-0.2, -0.15) is 4.52 Å². The summed E-state index contributed by atoms with van der Waals surface area (Å²) >= 11 is 0. The van der Waals surface area contributed by atoms with E-state index >= 15 is 0 Å². The monoisotopic (exact) mass is 387 g/mol. The van der Waals surface area contributed by atoms with Crippen LogP contribution in [0.5, 0.6) is 0 Å². The number of carbonyl (C=O) groups is 1. The highest BCUT2D eigenvalue weighted by Gasteiger charge is 2.10. The van der Waals surface area contributed by atoms with Crippen molar-refractivity contribution in [1.82, 2.24) is 30.1 Å². The van der Waals surface area contributed by atoms with E-state index in [9.17, 15) is 4.79 Å². The molecule has 0 saturated carbocycles. The normalized spacial score (nSPS) is 10.8. The van der Waals surface area contributed by atoms with Gasteiger partial charge in [-0.25, -0.2) is 0 Å².